The second kappa shape index (κ2) is 11.3. The highest BCUT2D eigenvalue weighted by molar-refractivity contribution is 5.96. The topological polar surface area (TPSA) is 34.1 Å². The first-order valence-corrected chi connectivity index (χ1v) is 8.67. The van der Waals surface area contributed by atoms with Crippen LogP contribution in [0.15, 0.2) is 55.1 Å². The van der Waals surface area contributed by atoms with E-state index in [-0.39, 0.29) is 11.6 Å². The summed E-state index contributed by atoms with van der Waals surface area (Å²) in [5, 5.41) is 0. The normalized spacial score (nSPS) is 11.7. The monoisotopic (exact) mass is 324 g/mol. The maximum Gasteiger partial charge on any atom is 0.162 e. The summed E-state index contributed by atoms with van der Waals surface area (Å²) in [5.41, 5.74) is 2.86. The minimum absolute atomic E-state index is 0.186. The van der Waals surface area contributed by atoms with Crippen LogP contribution in [0.5, 0.6) is 0 Å². The van der Waals surface area contributed by atoms with Gasteiger partial charge in [-0.25, -0.2) is 0 Å². The molecule has 1 rings (SSSR count). The first-order valence-electron chi connectivity index (χ1n) is 8.67. The summed E-state index contributed by atoms with van der Waals surface area (Å²) in [6.07, 6.45) is 12.8. The molecule has 24 heavy (non-hydrogen) atoms. The Balaban J connectivity index is 2.49. The van der Waals surface area contributed by atoms with Crippen LogP contribution in [0.3, 0.4) is 0 Å². The number of unbranched alkanes of at least 4 members (excludes halogenated alkanes) is 3. The molecule has 0 spiro atoms. The Hall–Kier alpha value is -2.22. The largest absolute Gasteiger partial charge is 0.300 e. The van der Waals surface area contributed by atoms with Gasteiger partial charge in [-0.1, -0.05) is 68.0 Å². The van der Waals surface area contributed by atoms with E-state index in [9.17, 15) is 9.59 Å². The minimum Gasteiger partial charge on any atom is -0.300 e. The molecule has 0 heterocycles. The number of hydrogen-bond donors (Lipinski definition) is 0. The molecule has 0 aliphatic carbocycles. The highest BCUT2D eigenvalue weighted by atomic mass is 16.1. The number of carbonyl (C=O) groups excluding carboxylic acids is 2. The predicted molar refractivity (Wildman–Crippen MR) is 102 cm³/mol. The van der Waals surface area contributed by atoms with Gasteiger partial charge in [0, 0.05) is 18.4 Å². The van der Waals surface area contributed by atoms with E-state index in [1.807, 2.05) is 55.5 Å². The van der Waals surface area contributed by atoms with Crippen molar-refractivity contribution in [2.24, 2.45) is 0 Å². The standard InChI is InChI=1S/C22H28O2/c1-4-6-12-19(5-2)20-14-16-21(17-15-20)22(24)13-10-8-7-9-11-18(3)23/h4-6,12,14-17H,2,7-11,13H2,1,3H3/b6-4-,19-12+. The number of ketones is 2. The zero-order chi connectivity index (χ0) is 17.8. The quantitative estimate of drug-likeness (QED) is 0.286. The van der Waals surface area contributed by atoms with Crippen molar-refractivity contribution in [3.63, 3.8) is 0 Å². The van der Waals surface area contributed by atoms with Crippen molar-refractivity contribution in [3.05, 3.63) is 66.3 Å². The zero-order valence-electron chi connectivity index (χ0n) is 14.9. The molecule has 0 unspecified atom stereocenters. The summed E-state index contributed by atoms with van der Waals surface area (Å²) in [7, 11) is 0. The van der Waals surface area contributed by atoms with Crippen LogP contribution in [0.4, 0.5) is 0 Å². The zero-order valence-corrected chi connectivity index (χ0v) is 14.9. The Morgan fingerprint density at radius 1 is 0.958 bits per heavy atom. The van der Waals surface area contributed by atoms with Gasteiger partial charge in [0.1, 0.15) is 5.78 Å². The molecule has 2 nitrogen and oxygen atoms in total. The molecule has 0 atom stereocenters. The van der Waals surface area contributed by atoms with Crippen molar-refractivity contribution in [1.29, 1.82) is 0 Å². The molecule has 2 heteroatoms. The molecular formula is C22H28O2. The number of carbonyl (C=O) groups is 2. The maximum atomic E-state index is 12.2. The number of rotatable bonds is 11. The lowest BCUT2D eigenvalue weighted by molar-refractivity contribution is -0.117. The highest BCUT2D eigenvalue weighted by Crippen LogP contribution is 2.18. The van der Waals surface area contributed by atoms with Gasteiger partial charge in [0.05, 0.1) is 0 Å². The first kappa shape index (κ1) is 19.8. The lowest BCUT2D eigenvalue weighted by atomic mass is 9.99. The number of hydrogen-bond acceptors (Lipinski definition) is 2. The van der Waals surface area contributed by atoms with Crippen LogP contribution in [0.1, 0.15) is 68.3 Å². The van der Waals surface area contributed by atoms with E-state index in [0.29, 0.717) is 12.8 Å². The smallest absolute Gasteiger partial charge is 0.162 e. The van der Waals surface area contributed by atoms with Crippen LogP contribution in [0, 0.1) is 0 Å². The number of Topliss-reactive ketones (excluding diaryl/α,β-unsaturated/α-hetero) is 2. The van der Waals surface area contributed by atoms with Crippen molar-refractivity contribution in [1.82, 2.24) is 0 Å². The molecule has 0 aliphatic heterocycles. The summed E-state index contributed by atoms with van der Waals surface area (Å²) in [6, 6.07) is 7.72. The van der Waals surface area contributed by atoms with Gasteiger partial charge in [0.25, 0.3) is 0 Å². The van der Waals surface area contributed by atoms with E-state index in [1.165, 1.54) is 0 Å². The summed E-state index contributed by atoms with van der Waals surface area (Å²) in [6.45, 7) is 7.43. The molecule has 128 valence electrons. The van der Waals surface area contributed by atoms with E-state index < -0.39 is 0 Å². The lowest BCUT2D eigenvalue weighted by Gasteiger charge is -2.05. The van der Waals surface area contributed by atoms with Gasteiger partial charge in [0.2, 0.25) is 0 Å². The van der Waals surface area contributed by atoms with Crippen molar-refractivity contribution in [3.8, 4) is 0 Å². The molecule has 0 radical (unpaired) electrons. The van der Waals surface area contributed by atoms with E-state index in [0.717, 1.165) is 42.4 Å². The molecule has 1 aromatic rings. The Bertz CT molecular complexity index is 603. The maximum absolute atomic E-state index is 12.2. The van der Waals surface area contributed by atoms with Crippen LogP contribution in [0.25, 0.3) is 5.57 Å². The lowest BCUT2D eigenvalue weighted by Crippen LogP contribution is -1.99. The number of allylic oxidation sites excluding steroid dienone is 5. The minimum atomic E-state index is 0.186. The van der Waals surface area contributed by atoms with Gasteiger partial charge in [-0.2, -0.15) is 0 Å². The average Bonchev–Trinajstić information content (AvgIpc) is 2.58. The van der Waals surface area contributed by atoms with E-state index in [1.54, 1.807) is 6.92 Å². The number of benzene rings is 1. The van der Waals surface area contributed by atoms with Gasteiger partial charge >= 0.3 is 0 Å². The van der Waals surface area contributed by atoms with Crippen molar-refractivity contribution in [2.45, 2.75) is 52.4 Å². The van der Waals surface area contributed by atoms with E-state index in [4.69, 9.17) is 0 Å². The third-order valence-corrected chi connectivity index (χ3v) is 3.91. The SMILES string of the molecule is C=C/C(=C\C=C/C)c1ccc(C(=O)CCCCCCC(C)=O)cc1. The molecule has 0 aromatic heterocycles. The molecular weight excluding hydrogens is 296 g/mol. The molecule has 0 saturated heterocycles. The molecule has 0 aliphatic rings. The van der Waals surface area contributed by atoms with Gasteiger partial charge in [-0.15, -0.1) is 0 Å². The van der Waals surface area contributed by atoms with Crippen LogP contribution >= 0.6 is 0 Å². The van der Waals surface area contributed by atoms with Crippen molar-refractivity contribution in [2.75, 3.05) is 0 Å². The highest BCUT2D eigenvalue weighted by Gasteiger charge is 2.06. The molecule has 0 fully saturated rings. The van der Waals surface area contributed by atoms with Crippen LogP contribution in [-0.4, -0.2) is 11.6 Å². The fourth-order valence-corrected chi connectivity index (χ4v) is 2.49. The fourth-order valence-electron chi connectivity index (χ4n) is 2.49. The second-order valence-electron chi connectivity index (χ2n) is 5.97. The molecule has 1 aromatic carbocycles. The Morgan fingerprint density at radius 2 is 1.54 bits per heavy atom. The van der Waals surface area contributed by atoms with Gasteiger partial charge < -0.3 is 4.79 Å². The molecule has 0 N–H and O–H groups in total. The summed E-state index contributed by atoms with van der Waals surface area (Å²) >= 11 is 0. The van der Waals surface area contributed by atoms with E-state index >= 15 is 0 Å². The second-order valence-corrected chi connectivity index (χ2v) is 5.97. The van der Waals surface area contributed by atoms with Gasteiger partial charge in [-0.3, -0.25) is 4.79 Å². The van der Waals surface area contributed by atoms with Crippen molar-refractivity contribution < 1.29 is 9.59 Å². The van der Waals surface area contributed by atoms with Crippen LogP contribution in [0.2, 0.25) is 0 Å². The summed E-state index contributed by atoms with van der Waals surface area (Å²) in [5.74, 6) is 0.430. The van der Waals surface area contributed by atoms with Gasteiger partial charge in [-0.05, 0) is 37.8 Å². The van der Waals surface area contributed by atoms with Gasteiger partial charge in [0.15, 0.2) is 5.78 Å². The van der Waals surface area contributed by atoms with Crippen LogP contribution < -0.4 is 0 Å². The predicted octanol–water partition coefficient (Wildman–Crippen LogP) is 5.94. The Morgan fingerprint density at radius 3 is 2.08 bits per heavy atom. The van der Waals surface area contributed by atoms with Crippen LogP contribution in [-0.2, 0) is 4.79 Å². The van der Waals surface area contributed by atoms with E-state index in [2.05, 4.69) is 6.58 Å². The molecule has 0 amide bonds. The third-order valence-electron chi connectivity index (χ3n) is 3.91. The first-order chi connectivity index (χ1) is 11.6. The Labute approximate surface area is 146 Å². The fraction of sp³-hybridized carbons (Fsp3) is 0.364. The summed E-state index contributed by atoms with van der Waals surface area (Å²) in [4.78, 5) is 23.1. The average molecular weight is 324 g/mol. The summed E-state index contributed by atoms with van der Waals surface area (Å²) < 4.78 is 0. The third kappa shape index (κ3) is 7.36. The Kier molecular flexibility index (Phi) is 9.36. The van der Waals surface area contributed by atoms with Crippen molar-refractivity contribution >= 4 is 17.1 Å². The molecule has 0 bridgehead atoms. The molecule has 0 saturated carbocycles.